The summed E-state index contributed by atoms with van der Waals surface area (Å²) in [6.45, 7) is 1.70. The SMILES string of the molecule is COc1ccccc1C(=O)N(C)C(C)CC(=O)O. The van der Waals surface area contributed by atoms with Crippen LogP contribution in [0.5, 0.6) is 5.75 Å². The Morgan fingerprint density at radius 2 is 2.00 bits per heavy atom. The first-order chi connectivity index (χ1) is 8.47. The van der Waals surface area contributed by atoms with E-state index in [2.05, 4.69) is 0 Å². The minimum absolute atomic E-state index is 0.0859. The van der Waals surface area contributed by atoms with Gasteiger partial charge in [0.15, 0.2) is 0 Å². The number of para-hydroxylation sites is 1. The maximum Gasteiger partial charge on any atom is 0.305 e. The molecule has 1 amide bonds. The van der Waals surface area contributed by atoms with Gasteiger partial charge in [-0.3, -0.25) is 9.59 Å². The lowest BCUT2D eigenvalue weighted by atomic mass is 10.1. The second-order valence-electron chi connectivity index (χ2n) is 4.06. The second-order valence-corrected chi connectivity index (χ2v) is 4.06. The van der Waals surface area contributed by atoms with E-state index in [1.165, 1.54) is 12.0 Å². The van der Waals surface area contributed by atoms with Crippen molar-refractivity contribution in [2.75, 3.05) is 14.2 Å². The average molecular weight is 251 g/mol. The number of hydrogen-bond acceptors (Lipinski definition) is 3. The fraction of sp³-hybridized carbons (Fsp3) is 0.385. The number of amides is 1. The highest BCUT2D eigenvalue weighted by atomic mass is 16.5. The Morgan fingerprint density at radius 1 is 1.39 bits per heavy atom. The van der Waals surface area contributed by atoms with E-state index in [4.69, 9.17) is 9.84 Å². The molecule has 5 heteroatoms. The molecule has 5 nitrogen and oxygen atoms in total. The monoisotopic (exact) mass is 251 g/mol. The molecule has 0 aliphatic carbocycles. The van der Waals surface area contributed by atoms with E-state index < -0.39 is 5.97 Å². The van der Waals surface area contributed by atoms with E-state index in [-0.39, 0.29) is 18.4 Å². The Morgan fingerprint density at radius 3 is 2.56 bits per heavy atom. The molecular formula is C13H17NO4. The molecule has 0 fully saturated rings. The summed E-state index contributed by atoms with van der Waals surface area (Å²) in [4.78, 5) is 24.2. The lowest BCUT2D eigenvalue weighted by Crippen LogP contribution is -2.36. The van der Waals surface area contributed by atoms with Crippen LogP contribution < -0.4 is 4.74 Å². The predicted molar refractivity (Wildman–Crippen MR) is 66.8 cm³/mol. The zero-order valence-electron chi connectivity index (χ0n) is 10.7. The first-order valence-electron chi connectivity index (χ1n) is 5.59. The minimum Gasteiger partial charge on any atom is -0.496 e. The molecule has 1 N–H and O–H groups in total. The Bertz CT molecular complexity index is 444. The maximum atomic E-state index is 12.2. The standard InChI is InChI=1S/C13H17NO4/c1-9(8-12(15)16)14(2)13(17)10-6-4-5-7-11(10)18-3/h4-7,9H,8H2,1-3H3,(H,15,16). The number of ether oxygens (including phenoxy) is 1. The van der Waals surface area contributed by atoms with Gasteiger partial charge in [-0.15, -0.1) is 0 Å². The average Bonchev–Trinajstić information content (AvgIpc) is 2.36. The van der Waals surface area contributed by atoms with Gasteiger partial charge in [0.05, 0.1) is 19.1 Å². The van der Waals surface area contributed by atoms with E-state index in [1.807, 2.05) is 0 Å². The summed E-state index contributed by atoms with van der Waals surface area (Å²) in [6, 6.07) is 6.50. The molecule has 0 aliphatic heterocycles. The summed E-state index contributed by atoms with van der Waals surface area (Å²) in [6.07, 6.45) is -0.0859. The number of carbonyl (C=O) groups is 2. The number of hydrogen-bond donors (Lipinski definition) is 1. The molecule has 1 aromatic carbocycles. The topological polar surface area (TPSA) is 66.8 Å². The third-order valence-corrected chi connectivity index (χ3v) is 2.79. The number of aliphatic carboxylic acids is 1. The Kier molecular flexibility index (Phi) is 4.71. The lowest BCUT2D eigenvalue weighted by molar-refractivity contribution is -0.137. The molecule has 0 saturated heterocycles. The summed E-state index contributed by atoms with van der Waals surface area (Å²) in [7, 11) is 3.08. The Labute approximate surface area is 106 Å². The molecule has 1 rings (SSSR count). The van der Waals surface area contributed by atoms with Gasteiger partial charge in [-0.25, -0.2) is 0 Å². The maximum absolute atomic E-state index is 12.2. The van der Waals surface area contributed by atoms with Crippen LogP contribution in [-0.2, 0) is 4.79 Å². The number of carboxylic acid groups (broad SMARTS) is 1. The summed E-state index contributed by atoms with van der Waals surface area (Å²) >= 11 is 0. The summed E-state index contributed by atoms with van der Waals surface area (Å²) < 4.78 is 5.11. The lowest BCUT2D eigenvalue weighted by Gasteiger charge is -2.24. The van der Waals surface area contributed by atoms with Crippen molar-refractivity contribution in [2.24, 2.45) is 0 Å². The van der Waals surface area contributed by atoms with E-state index in [0.717, 1.165) is 0 Å². The molecule has 1 atom stereocenters. The predicted octanol–water partition coefficient (Wildman–Crippen LogP) is 1.63. The first kappa shape index (κ1) is 14.0. The van der Waals surface area contributed by atoms with Gasteiger partial charge in [0.1, 0.15) is 5.75 Å². The van der Waals surface area contributed by atoms with E-state index in [9.17, 15) is 9.59 Å². The fourth-order valence-corrected chi connectivity index (χ4v) is 1.60. The Hall–Kier alpha value is -2.04. The van der Waals surface area contributed by atoms with Gasteiger partial charge in [-0.2, -0.15) is 0 Å². The molecule has 98 valence electrons. The van der Waals surface area contributed by atoms with Crippen molar-refractivity contribution in [3.63, 3.8) is 0 Å². The quantitative estimate of drug-likeness (QED) is 0.863. The largest absolute Gasteiger partial charge is 0.496 e. The molecule has 0 spiro atoms. The summed E-state index contributed by atoms with van der Waals surface area (Å²) in [5.74, 6) is -0.694. The van der Waals surface area contributed by atoms with Gasteiger partial charge in [-0.05, 0) is 19.1 Å². The van der Waals surface area contributed by atoms with Crippen molar-refractivity contribution in [1.82, 2.24) is 4.90 Å². The number of methoxy groups -OCH3 is 1. The van der Waals surface area contributed by atoms with Crippen LogP contribution in [0.25, 0.3) is 0 Å². The van der Waals surface area contributed by atoms with Crippen LogP contribution in [0.1, 0.15) is 23.7 Å². The molecule has 1 aromatic rings. The van der Waals surface area contributed by atoms with Gasteiger partial charge < -0.3 is 14.7 Å². The van der Waals surface area contributed by atoms with E-state index in [1.54, 1.807) is 38.2 Å². The third-order valence-electron chi connectivity index (χ3n) is 2.79. The highest BCUT2D eigenvalue weighted by Gasteiger charge is 2.21. The van der Waals surface area contributed by atoms with Crippen LogP contribution in [0.3, 0.4) is 0 Å². The summed E-state index contributed by atoms with van der Waals surface area (Å²) in [5.41, 5.74) is 0.430. The number of carbonyl (C=O) groups excluding carboxylic acids is 1. The van der Waals surface area contributed by atoms with Crippen molar-refractivity contribution in [1.29, 1.82) is 0 Å². The zero-order chi connectivity index (χ0) is 13.7. The molecule has 0 aliphatic rings. The van der Waals surface area contributed by atoms with Crippen LogP contribution in [0.15, 0.2) is 24.3 Å². The van der Waals surface area contributed by atoms with Crippen LogP contribution in [0.4, 0.5) is 0 Å². The molecule has 1 unspecified atom stereocenters. The van der Waals surface area contributed by atoms with Gasteiger partial charge in [0, 0.05) is 13.1 Å². The smallest absolute Gasteiger partial charge is 0.305 e. The van der Waals surface area contributed by atoms with Crippen LogP contribution in [0, 0.1) is 0 Å². The molecule has 18 heavy (non-hydrogen) atoms. The third kappa shape index (κ3) is 3.23. The van der Waals surface area contributed by atoms with Crippen molar-refractivity contribution in [3.05, 3.63) is 29.8 Å². The molecule has 0 aromatic heterocycles. The first-order valence-corrected chi connectivity index (χ1v) is 5.59. The van der Waals surface area contributed by atoms with Crippen molar-refractivity contribution < 1.29 is 19.4 Å². The van der Waals surface area contributed by atoms with Crippen LogP contribution >= 0.6 is 0 Å². The molecular weight excluding hydrogens is 234 g/mol. The van der Waals surface area contributed by atoms with Gasteiger partial charge in [0.2, 0.25) is 0 Å². The highest BCUT2D eigenvalue weighted by Crippen LogP contribution is 2.20. The van der Waals surface area contributed by atoms with Gasteiger partial charge >= 0.3 is 5.97 Å². The normalized spacial score (nSPS) is 11.7. The molecule has 0 radical (unpaired) electrons. The zero-order valence-corrected chi connectivity index (χ0v) is 10.7. The minimum atomic E-state index is -0.929. The molecule has 0 bridgehead atoms. The molecule has 0 saturated carbocycles. The highest BCUT2D eigenvalue weighted by molar-refractivity contribution is 5.97. The number of nitrogens with zero attached hydrogens (tertiary/aromatic N) is 1. The fourth-order valence-electron chi connectivity index (χ4n) is 1.60. The Balaban J connectivity index is 2.89. The van der Waals surface area contributed by atoms with Crippen molar-refractivity contribution in [3.8, 4) is 5.75 Å². The van der Waals surface area contributed by atoms with Gasteiger partial charge in [-0.1, -0.05) is 12.1 Å². The number of benzene rings is 1. The summed E-state index contributed by atoms with van der Waals surface area (Å²) in [5, 5.41) is 8.72. The van der Waals surface area contributed by atoms with E-state index in [0.29, 0.717) is 11.3 Å². The van der Waals surface area contributed by atoms with Crippen LogP contribution in [0.2, 0.25) is 0 Å². The van der Waals surface area contributed by atoms with E-state index >= 15 is 0 Å². The van der Waals surface area contributed by atoms with Crippen LogP contribution in [-0.4, -0.2) is 42.1 Å². The number of carboxylic acids is 1. The second kappa shape index (κ2) is 6.05. The molecule has 0 heterocycles. The number of rotatable bonds is 5. The van der Waals surface area contributed by atoms with Gasteiger partial charge in [0.25, 0.3) is 5.91 Å². The van der Waals surface area contributed by atoms with Crippen molar-refractivity contribution >= 4 is 11.9 Å². The van der Waals surface area contributed by atoms with Crippen molar-refractivity contribution in [2.45, 2.75) is 19.4 Å².